The van der Waals surface area contributed by atoms with Crippen molar-refractivity contribution in [3.05, 3.63) is 65.2 Å². The summed E-state index contributed by atoms with van der Waals surface area (Å²) in [5.41, 5.74) is 1.96. The van der Waals surface area contributed by atoms with Crippen LogP contribution in [0.4, 0.5) is 5.69 Å². The molecule has 1 saturated heterocycles. The number of halogens is 1. The molecule has 0 unspecified atom stereocenters. The lowest BCUT2D eigenvalue weighted by atomic mass is 10.1. The molecule has 2 aromatic rings. The van der Waals surface area contributed by atoms with Gasteiger partial charge in [-0.1, -0.05) is 41.9 Å². The van der Waals surface area contributed by atoms with Crippen LogP contribution in [0, 0.1) is 11.3 Å². The number of piperazine rings is 1. The lowest BCUT2D eigenvalue weighted by Gasteiger charge is -2.35. The van der Waals surface area contributed by atoms with Gasteiger partial charge in [-0.2, -0.15) is 5.26 Å². The van der Waals surface area contributed by atoms with E-state index in [1.54, 1.807) is 4.90 Å². The number of rotatable bonds is 8. The number of anilines is 1. The quantitative estimate of drug-likeness (QED) is 0.630. The summed E-state index contributed by atoms with van der Waals surface area (Å²) in [7, 11) is 0. The second kappa shape index (κ2) is 11.5. The SMILES string of the molecule is N#CCCN(C(=O)CCC(=O)N1CCN(Cc2ccc(Cl)cc2)CC1)c1ccccc1. The highest BCUT2D eigenvalue weighted by atomic mass is 35.5. The maximum Gasteiger partial charge on any atom is 0.227 e. The predicted molar refractivity (Wildman–Crippen MR) is 122 cm³/mol. The largest absolute Gasteiger partial charge is 0.340 e. The number of nitrogens with zero attached hydrogens (tertiary/aromatic N) is 4. The van der Waals surface area contributed by atoms with E-state index in [-0.39, 0.29) is 31.1 Å². The van der Waals surface area contributed by atoms with Gasteiger partial charge in [0.15, 0.2) is 0 Å². The molecule has 2 aromatic carbocycles. The van der Waals surface area contributed by atoms with E-state index in [1.165, 1.54) is 5.56 Å². The van der Waals surface area contributed by atoms with E-state index in [0.717, 1.165) is 30.3 Å². The molecular weight excluding hydrogens is 412 g/mol. The van der Waals surface area contributed by atoms with Crippen LogP contribution in [0.15, 0.2) is 54.6 Å². The van der Waals surface area contributed by atoms with Gasteiger partial charge in [0.25, 0.3) is 0 Å². The number of hydrogen-bond donors (Lipinski definition) is 0. The normalized spacial score (nSPS) is 14.1. The van der Waals surface area contributed by atoms with Gasteiger partial charge >= 0.3 is 0 Å². The van der Waals surface area contributed by atoms with Crippen molar-refractivity contribution in [2.24, 2.45) is 0 Å². The average molecular weight is 439 g/mol. The minimum atomic E-state index is -0.129. The van der Waals surface area contributed by atoms with Gasteiger partial charge in [0, 0.05) is 62.8 Å². The zero-order valence-corrected chi connectivity index (χ0v) is 18.3. The third-order valence-electron chi connectivity index (χ3n) is 5.41. The van der Waals surface area contributed by atoms with Crippen LogP contribution in [0.3, 0.4) is 0 Å². The second-order valence-corrected chi connectivity index (χ2v) is 8.01. The van der Waals surface area contributed by atoms with E-state index in [9.17, 15) is 9.59 Å². The molecule has 7 heteroatoms. The maximum absolute atomic E-state index is 12.7. The monoisotopic (exact) mass is 438 g/mol. The van der Waals surface area contributed by atoms with Crippen molar-refractivity contribution in [3.8, 4) is 6.07 Å². The van der Waals surface area contributed by atoms with Crippen LogP contribution >= 0.6 is 11.6 Å². The Hall–Kier alpha value is -2.88. The summed E-state index contributed by atoms with van der Waals surface area (Å²) in [5, 5.41) is 9.63. The minimum absolute atomic E-state index is 0.00721. The number of carbonyl (C=O) groups is 2. The second-order valence-electron chi connectivity index (χ2n) is 7.57. The Morgan fingerprint density at radius 1 is 0.968 bits per heavy atom. The first kappa shape index (κ1) is 22.8. The molecule has 0 atom stereocenters. The number of carbonyl (C=O) groups excluding carboxylic acids is 2. The summed E-state index contributed by atoms with van der Waals surface area (Å²) < 4.78 is 0. The van der Waals surface area contributed by atoms with Crippen LogP contribution in [0.2, 0.25) is 5.02 Å². The maximum atomic E-state index is 12.7. The molecule has 1 heterocycles. The molecule has 6 nitrogen and oxygen atoms in total. The molecule has 0 bridgehead atoms. The summed E-state index contributed by atoms with van der Waals surface area (Å²) in [6.45, 7) is 4.11. The van der Waals surface area contributed by atoms with Gasteiger partial charge in [-0.15, -0.1) is 0 Å². The van der Waals surface area contributed by atoms with Crippen LogP contribution in [0.1, 0.15) is 24.8 Å². The van der Waals surface area contributed by atoms with E-state index < -0.39 is 0 Å². The standard InChI is InChI=1S/C24H27ClN4O2/c25-21-9-7-20(8-10-21)19-27-15-17-28(18-16-27)23(30)11-12-24(31)29(14-4-13-26)22-5-2-1-3-6-22/h1-3,5-10H,4,11-12,14-19H2. The van der Waals surface area contributed by atoms with Crippen molar-refractivity contribution in [1.82, 2.24) is 9.80 Å². The van der Waals surface area contributed by atoms with Crippen LogP contribution in [-0.4, -0.2) is 54.3 Å². The van der Waals surface area contributed by atoms with Crippen LogP contribution in [0.5, 0.6) is 0 Å². The Balaban J connectivity index is 1.46. The van der Waals surface area contributed by atoms with Gasteiger partial charge in [0.1, 0.15) is 0 Å². The fourth-order valence-electron chi connectivity index (χ4n) is 3.68. The smallest absolute Gasteiger partial charge is 0.227 e. The van der Waals surface area contributed by atoms with Crippen molar-refractivity contribution in [1.29, 1.82) is 5.26 Å². The first-order chi connectivity index (χ1) is 15.1. The topological polar surface area (TPSA) is 67.6 Å². The predicted octanol–water partition coefficient (Wildman–Crippen LogP) is 3.71. The van der Waals surface area contributed by atoms with E-state index in [0.29, 0.717) is 19.6 Å². The first-order valence-corrected chi connectivity index (χ1v) is 10.9. The number of nitriles is 1. The van der Waals surface area contributed by atoms with Gasteiger partial charge < -0.3 is 9.80 Å². The van der Waals surface area contributed by atoms with Crippen molar-refractivity contribution in [2.75, 3.05) is 37.6 Å². The highest BCUT2D eigenvalue weighted by molar-refractivity contribution is 6.30. The minimum Gasteiger partial charge on any atom is -0.340 e. The highest BCUT2D eigenvalue weighted by Crippen LogP contribution is 2.17. The Morgan fingerprint density at radius 2 is 1.65 bits per heavy atom. The lowest BCUT2D eigenvalue weighted by molar-refractivity contribution is -0.134. The molecule has 0 spiro atoms. The van der Waals surface area contributed by atoms with Crippen molar-refractivity contribution < 1.29 is 9.59 Å². The molecule has 162 valence electrons. The highest BCUT2D eigenvalue weighted by Gasteiger charge is 2.23. The van der Waals surface area contributed by atoms with Crippen LogP contribution in [0.25, 0.3) is 0 Å². The Morgan fingerprint density at radius 3 is 2.29 bits per heavy atom. The molecule has 0 saturated carbocycles. The Bertz CT molecular complexity index is 903. The number of benzene rings is 2. The molecule has 1 fully saturated rings. The van der Waals surface area contributed by atoms with E-state index in [2.05, 4.69) is 11.0 Å². The van der Waals surface area contributed by atoms with Crippen molar-refractivity contribution in [2.45, 2.75) is 25.8 Å². The molecule has 2 amide bonds. The molecule has 1 aliphatic rings. The molecule has 3 rings (SSSR count). The third-order valence-corrected chi connectivity index (χ3v) is 5.67. The van der Waals surface area contributed by atoms with Gasteiger partial charge in [0.05, 0.1) is 12.5 Å². The Labute approximate surface area is 188 Å². The fraction of sp³-hybridized carbons (Fsp3) is 0.375. The molecule has 0 aromatic heterocycles. The average Bonchev–Trinajstić information content (AvgIpc) is 2.80. The molecular formula is C24H27ClN4O2. The molecule has 0 aliphatic carbocycles. The van der Waals surface area contributed by atoms with Crippen LogP contribution < -0.4 is 4.90 Å². The van der Waals surface area contributed by atoms with Gasteiger partial charge in [-0.05, 0) is 29.8 Å². The zero-order valence-electron chi connectivity index (χ0n) is 17.5. The molecule has 1 aliphatic heterocycles. The third kappa shape index (κ3) is 6.81. The first-order valence-electron chi connectivity index (χ1n) is 10.5. The zero-order chi connectivity index (χ0) is 22.1. The molecule has 31 heavy (non-hydrogen) atoms. The summed E-state index contributed by atoms with van der Waals surface area (Å²) in [6, 6.07) is 19.2. The fourth-order valence-corrected chi connectivity index (χ4v) is 3.80. The summed E-state index contributed by atoms with van der Waals surface area (Å²) in [6.07, 6.45) is 0.584. The molecule has 0 N–H and O–H groups in total. The number of amides is 2. The summed E-state index contributed by atoms with van der Waals surface area (Å²) in [5.74, 6) is -0.121. The summed E-state index contributed by atoms with van der Waals surface area (Å²) >= 11 is 5.94. The van der Waals surface area contributed by atoms with Crippen molar-refractivity contribution in [3.63, 3.8) is 0 Å². The van der Waals surface area contributed by atoms with E-state index in [1.807, 2.05) is 59.5 Å². The number of para-hydroxylation sites is 1. The van der Waals surface area contributed by atoms with E-state index in [4.69, 9.17) is 16.9 Å². The van der Waals surface area contributed by atoms with Crippen molar-refractivity contribution >= 4 is 29.1 Å². The Kier molecular flexibility index (Phi) is 8.45. The van der Waals surface area contributed by atoms with Crippen LogP contribution in [-0.2, 0) is 16.1 Å². The van der Waals surface area contributed by atoms with Gasteiger partial charge in [-0.25, -0.2) is 0 Å². The lowest BCUT2D eigenvalue weighted by Crippen LogP contribution is -2.48. The van der Waals surface area contributed by atoms with Gasteiger partial charge in [0.2, 0.25) is 11.8 Å². The van der Waals surface area contributed by atoms with E-state index >= 15 is 0 Å². The number of hydrogen-bond acceptors (Lipinski definition) is 4. The molecule has 0 radical (unpaired) electrons. The van der Waals surface area contributed by atoms with Gasteiger partial charge in [-0.3, -0.25) is 14.5 Å². The summed E-state index contributed by atoms with van der Waals surface area (Å²) in [4.78, 5) is 31.1.